The van der Waals surface area contributed by atoms with E-state index in [1.54, 1.807) is 0 Å². The molecule has 1 fully saturated rings. The Morgan fingerprint density at radius 1 is 1.10 bits per heavy atom. The summed E-state index contributed by atoms with van der Waals surface area (Å²) in [4.78, 5) is 13.6. The second kappa shape index (κ2) is 9.10. The lowest BCUT2D eigenvalue weighted by molar-refractivity contribution is -0.153. The quantitative estimate of drug-likeness (QED) is 0.672. The molecule has 4 heteroatoms. The van der Waals surface area contributed by atoms with Crippen molar-refractivity contribution in [3.63, 3.8) is 0 Å². The molecule has 0 saturated carbocycles. The molecule has 156 valence electrons. The molecule has 3 atom stereocenters. The van der Waals surface area contributed by atoms with Gasteiger partial charge in [-0.3, -0.25) is 4.79 Å². The van der Waals surface area contributed by atoms with Crippen LogP contribution in [-0.4, -0.2) is 36.2 Å². The lowest BCUT2D eigenvalue weighted by Crippen LogP contribution is -2.53. The Hall–Kier alpha value is -2.17. The van der Waals surface area contributed by atoms with Crippen molar-refractivity contribution in [2.45, 2.75) is 71.3 Å². The Labute approximate surface area is 174 Å². The Bertz CT molecular complexity index is 823. The highest BCUT2D eigenvalue weighted by molar-refractivity contribution is 6.02. The van der Waals surface area contributed by atoms with Crippen LogP contribution >= 0.6 is 0 Å². The van der Waals surface area contributed by atoms with Crippen LogP contribution in [0, 0.1) is 13.8 Å². The van der Waals surface area contributed by atoms with Crippen LogP contribution in [0.25, 0.3) is 0 Å². The number of nitrogens with one attached hydrogen (secondary N) is 1. The molecule has 1 aliphatic rings. The molecule has 2 aromatic rings. The molecule has 0 spiro atoms. The van der Waals surface area contributed by atoms with Gasteiger partial charge in [-0.2, -0.15) is 0 Å². The zero-order chi connectivity index (χ0) is 21.0. The fourth-order valence-corrected chi connectivity index (χ4v) is 3.78. The van der Waals surface area contributed by atoms with Crippen LogP contribution in [-0.2, 0) is 9.47 Å². The molecule has 29 heavy (non-hydrogen) atoms. The second-order valence-electron chi connectivity index (χ2n) is 8.97. The van der Waals surface area contributed by atoms with Gasteiger partial charge in [0.05, 0.1) is 11.7 Å². The van der Waals surface area contributed by atoms with Gasteiger partial charge in [0.25, 0.3) is 0 Å². The molecule has 1 N–H and O–H groups in total. The maximum absolute atomic E-state index is 13.6. The predicted octanol–water partition coefficient (Wildman–Crippen LogP) is 5.33. The molecule has 4 nitrogen and oxygen atoms in total. The van der Waals surface area contributed by atoms with Crippen LogP contribution in [0.4, 0.5) is 5.69 Å². The Morgan fingerprint density at radius 2 is 1.83 bits per heavy atom. The number of Topliss-reactive ketones (excluding diaryl/α,β-unsaturated/α-hetero) is 1. The molecule has 2 aromatic carbocycles. The number of anilines is 1. The third-order valence-electron chi connectivity index (χ3n) is 5.10. The summed E-state index contributed by atoms with van der Waals surface area (Å²) in [6.45, 7) is 10.8. The number of ketones is 1. The van der Waals surface area contributed by atoms with Gasteiger partial charge in [0.2, 0.25) is 0 Å². The van der Waals surface area contributed by atoms with Crippen LogP contribution in [0.1, 0.15) is 55.1 Å². The van der Waals surface area contributed by atoms with Crippen molar-refractivity contribution in [2.75, 3.05) is 11.9 Å². The Kier molecular flexibility index (Phi) is 6.76. The summed E-state index contributed by atoms with van der Waals surface area (Å²) < 4.78 is 12.5. The monoisotopic (exact) mass is 395 g/mol. The van der Waals surface area contributed by atoms with Crippen molar-refractivity contribution in [1.29, 1.82) is 0 Å². The lowest BCUT2D eigenvalue weighted by atomic mass is 9.91. The molecule has 0 radical (unpaired) electrons. The predicted molar refractivity (Wildman–Crippen MR) is 118 cm³/mol. The molecule has 0 aromatic heterocycles. The summed E-state index contributed by atoms with van der Waals surface area (Å²) in [5.74, 6) is 0.0286. The molecule has 0 amide bonds. The van der Waals surface area contributed by atoms with Crippen LogP contribution in [0.2, 0.25) is 0 Å². The van der Waals surface area contributed by atoms with Crippen LogP contribution in [0.15, 0.2) is 48.5 Å². The van der Waals surface area contributed by atoms with E-state index in [2.05, 4.69) is 11.4 Å². The molecular formula is C25H33NO3. The van der Waals surface area contributed by atoms with E-state index in [9.17, 15) is 4.79 Å². The van der Waals surface area contributed by atoms with Gasteiger partial charge in [0.1, 0.15) is 12.1 Å². The third-order valence-corrected chi connectivity index (χ3v) is 5.10. The first-order valence-electron chi connectivity index (χ1n) is 10.5. The summed E-state index contributed by atoms with van der Waals surface area (Å²) in [6, 6.07) is 15.3. The molecule has 1 saturated heterocycles. The standard InChI is InChI=1S/C25H33NO3/c1-17-11-13-19(14-12-17)23(27)22(26-20-9-6-8-18(2)16-20)24-21(10-7-15-28-24)29-25(3,4)5/h6,8-9,11-14,16,21-22,24,26H,7,10,15H2,1-5H3. The van der Waals surface area contributed by atoms with Crippen molar-refractivity contribution >= 4 is 11.5 Å². The van der Waals surface area contributed by atoms with Crippen molar-refractivity contribution in [3.8, 4) is 0 Å². The van der Waals surface area contributed by atoms with Gasteiger partial charge in [-0.1, -0.05) is 42.0 Å². The minimum atomic E-state index is -0.521. The summed E-state index contributed by atoms with van der Waals surface area (Å²) in [7, 11) is 0. The van der Waals surface area contributed by atoms with E-state index in [1.165, 1.54) is 0 Å². The largest absolute Gasteiger partial charge is 0.373 e. The highest BCUT2D eigenvalue weighted by Crippen LogP contribution is 2.28. The minimum Gasteiger partial charge on any atom is -0.373 e. The maximum atomic E-state index is 13.6. The number of carbonyl (C=O) groups excluding carboxylic acids is 1. The normalized spacial score (nSPS) is 20.9. The molecule has 3 unspecified atom stereocenters. The molecule has 1 heterocycles. The average Bonchev–Trinajstić information content (AvgIpc) is 2.66. The number of hydrogen-bond acceptors (Lipinski definition) is 4. The summed E-state index contributed by atoms with van der Waals surface area (Å²) in [6.07, 6.45) is 1.33. The number of rotatable bonds is 6. The van der Waals surface area contributed by atoms with Gasteiger partial charge in [-0.15, -0.1) is 0 Å². The Balaban J connectivity index is 1.94. The summed E-state index contributed by atoms with van der Waals surface area (Å²) >= 11 is 0. The average molecular weight is 396 g/mol. The van der Waals surface area contributed by atoms with Crippen LogP contribution < -0.4 is 5.32 Å². The van der Waals surface area contributed by atoms with E-state index < -0.39 is 6.04 Å². The van der Waals surface area contributed by atoms with E-state index >= 15 is 0 Å². The van der Waals surface area contributed by atoms with Gasteiger partial charge in [0, 0.05) is 17.9 Å². The number of hydrogen-bond donors (Lipinski definition) is 1. The van der Waals surface area contributed by atoms with Gasteiger partial charge < -0.3 is 14.8 Å². The first-order valence-corrected chi connectivity index (χ1v) is 10.5. The number of ether oxygens (including phenoxy) is 2. The Morgan fingerprint density at radius 3 is 2.48 bits per heavy atom. The van der Waals surface area contributed by atoms with Crippen molar-refractivity contribution in [1.82, 2.24) is 0 Å². The first-order chi connectivity index (χ1) is 13.7. The highest BCUT2D eigenvalue weighted by Gasteiger charge is 2.40. The van der Waals surface area contributed by atoms with E-state index in [1.807, 2.05) is 77.1 Å². The summed E-state index contributed by atoms with van der Waals surface area (Å²) in [5, 5.41) is 3.46. The van der Waals surface area contributed by atoms with Crippen molar-refractivity contribution < 1.29 is 14.3 Å². The molecule has 3 rings (SSSR count). The van der Waals surface area contributed by atoms with E-state index in [0.29, 0.717) is 12.2 Å². The molecule has 0 bridgehead atoms. The smallest absolute Gasteiger partial charge is 0.187 e. The van der Waals surface area contributed by atoms with Gasteiger partial charge >= 0.3 is 0 Å². The number of benzene rings is 2. The topological polar surface area (TPSA) is 47.6 Å². The number of carbonyl (C=O) groups is 1. The fourth-order valence-electron chi connectivity index (χ4n) is 3.78. The lowest BCUT2D eigenvalue weighted by Gasteiger charge is -2.40. The highest BCUT2D eigenvalue weighted by atomic mass is 16.6. The number of aryl methyl sites for hydroxylation is 2. The SMILES string of the molecule is Cc1ccc(C(=O)C(Nc2cccc(C)c2)C2OCCCC2OC(C)(C)C)cc1. The maximum Gasteiger partial charge on any atom is 0.187 e. The van der Waals surface area contributed by atoms with E-state index in [4.69, 9.17) is 9.47 Å². The fraction of sp³-hybridized carbons (Fsp3) is 0.480. The summed E-state index contributed by atoms with van der Waals surface area (Å²) in [5.41, 5.74) is 3.57. The van der Waals surface area contributed by atoms with Gasteiger partial charge in [-0.25, -0.2) is 0 Å². The van der Waals surface area contributed by atoms with Crippen LogP contribution in [0.3, 0.4) is 0 Å². The molecule has 1 aliphatic heterocycles. The second-order valence-corrected chi connectivity index (χ2v) is 8.97. The third kappa shape index (κ3) is 5.91. The minimum absolute atomic E-state index is 0.0286. The van der Waals surface area contributed by atoms with Gasteiger partial charge in [-0.05, 0) is 65.2 Å². The van der Waals surface area contributed by atoms with Crippen LogP contribution in [0.5, 0.6) is 0 Å². The van der Waals surface area contributed by atoms with E-state index in [0.717, 1.165) is 29.7 Å². The zero-order valence-electron chi connectivity index (χ0n) is 18.2. The van der Waals surface area contributed by atoms with Crippen molar-refractivity contribution in [2.24, 2.45) is 0 Å². The zero-order valence-corrected chi connectivity index (χ0v) is 18.2. The van der Waals surface area contributed by atoms with Gasteiger partial charge in [0.15, 0.2) is 5.78 Å². The van der Waals surface area contributed by atoms with E-state index in [-0.39, 0.29) is 23.6 Å². The first kappa shape index (κ1) is 21.5. The molecule has 0 aliphatic carbocycles. The molecular weight excluding hydrogens is 362 g/mol. The van der Waals surface area contributed by atoms with Crippen molar-refractivity contribution in [3.05, 3.63) is 65.2 Å².